The Kier molecular flexibility index (Phi) is 3.00. The maximum Gasteiger partial charge on any atom is 0.204 e. The first-order chi connectivity index (χ1) is 10.7. The van der Waals surface area contributed by atoms with Crippen LogP contribution >= 0.6 is 15.9 Å². The predicted octanol–water partition coefficient (Wildman–Crippen LogP) is 3.92. The van der Waals surface area contributed by atoms with E-state index in [1.165, 1.54) is 6.07 Å². The predicted molar refractivity (Wildman–Crippen MR) is 85.7 cm³/mol. The van der Waals surface area contributed by atoms with Crippen molar-refractivity contribution < 1.29 is 4.39 Å². The monoisotopic (exact) mass is 357 g/mol. The number of halogens is 2. The first-order valence-electron chi connectivity index (χ1n) is 6.53. The fourth-order valence-corrected chi connectivity index (χ4v) is 2.64. The largest absolute Gasteiger partial charge is 0.335 e. The van der Waals surface area contributed by atoms with Gasteiger partial charge in [0.15, 0.2) is 5.82 Å². The van der Waals surface area contributed by atoms with Gasteiger partial charge in [-0.25, -0.2) is 9.37 Å². The van der Waals surface area contributed by atoms with Crippen LogP contribution in [0.1, 0.15) is 0 Å². The van der Waals surface area contributed by atoms with Crippen molar-refractivity contribution in [2.45, 2.75) is 0 Å². The van der Waals surface area contributed by atoms with Crippen LogP contribution in [0, 0.1) is 5.82 Å². The Morgan fingerprint density at radius 1 is 1.14 bits per heavy atom. The Balaban J connectivity index is 1.91. The van der Waals surface area contributed by atoms with Crippen molar-refractivity contribution in [1.82, 2.24) is 19.6 Å². The smallest absolute Gasteiger partial charge is 0.204 e. The quantitative estimate of drug-likeness (QED) is 0.590. The molecule has 0 atom stereocenters. The lowest BCUT2D eigenvalue weighted by molar-refractivity contribution is 0.631. The summed E-state index contributed by atoms with van der Waals surface area (Å²) >= 11 is 3.24. The minimum atomic E-state index is -0.373. The van der Waals surface area contributed by atoms with Gasteiger partial charge in [0.1, 0.15) is 12.1 Å². The standard InChI is InChI=1S/C15H9BrFN5/c16-9-5-6-11(10(17)7-9)19-14-15-21-18-8-22(15)13-4-2-1-3-12(13)20-14/h1-8H,(H,19,20). The van der Waals surface area contributed by atoms with Gasteiger partial charge in [-0.15, -0.1) is 10.2 Å². The Morgan fingerprint density at radius 3 is 2.86 bits per heavy atom. The lowest BCUT2D eigenvalue weighted by Gasteiger charge is -2.09. The van der Waals surface area contributed by atoms with Crippen LogP contribution in [-0.4, -0.2) is 19.6 Å². The SMILES string of the molecule is Fc1cc(Br)ccc1Nc1nc2ccccc2n2cnnc12. The third-order valence-corrected chi connectivity index (χ3v) is 3.81. The number of aromatic nitrogens is 4. The average Bonchev–Trinajstić information content (AvgIpc) is 3.00. The molecule has 2 aromatic carbocycles. The van der Waals surface area contributed by atoms with Crippen molar-refractivity contribution in [3.05, 3.63) is 59.1 Å². The molecule has 2 heterocycles. The maximum absolute atomic E-state index is 14.0. The zero-order chi connectivity index (χ0) is 15.1. The highest BCUT2D eigenvalue weighted by Crippen LogP contribution is 2.26. The second kappa shape index (κ2) is 5.03. The molecule has 4 rings (SSSR count). The Hall–Kier alpha value is -2.54. The van der Waals surface area contributed by atoms with Gasteiger partial charge >= 0.3 is 0 Å². The highest BCUT2D eigenvalue weighted by Gasteiger charge is 2.12. The van der Waals surface area contributed by atoms with Gasteiger partial charge in [-0.3, -0.25) is 4.40 Å². The first-order valence-corrected chi connectivity index (χ1v) is 7.32. The van der Waals surface area contributed by atoms with E-state index in [1.54, 1.807) is 18.5 Å². The molecule has 108 valence electrons. The molecule has 0 saturated heterocycles. The molecular weight excluding hydrogens is 349 g/mol. The molecule has 0 aliphatic carbocycles. The molecular formula is C15H9BrFN5. The Labute approximate surface area is 132 Å². The van der Waals surface area contributed by atoms with Crippen molar-refractivity contribution in [3.8, 4) is 0 Å². The van der Waals surface area contributed by atoms with Crippen LogP contribution in [0.4, 0.5) is 15.9 Å². The number of nitrogens with zero attached hydrogens (tertiary/aromatic N) is 4. The molecule has 1 N–H and O–H groups in total. The van der Waals surface area contributed by atoms with Crippen molar-refractivity contribution in [3.63, 3.8) is 0 Å². The van der Waals surface area contributed by atoms with Gasteiger partial charge in [-0.2, -0.15) is 0 Å². The van der Waals surface area contributed by atoms with Crippen LogP contribution in [0.15, 0.2) is 53.3 Å². The third-order valence-electron chi connectivity index (χ3n) is 3.32. The van der Waals surface area contributed by atoms with Crippen LogP contribution in [0.25, 0.3) is 16.7 Å². The fraction of sp³-hybridized carbons (Fsp3) is 0. The summed E-state index contributed by atoms with van der Waals surface area (Å²) in [6.07, 6.45) is 1.61. The van der Waals surface area contributed by atoms with E-state index < -0.39 is 0 Å². The van der Waals surface area contributed by atoms with Crippen LogP contribution in [0.3, 0.4) is 0 Å². The molecule has 0 spiro atoms. The number of benzene rings is 2. The summed E-state index contributed by atoms with van der Waals surface area (Å²) in [5, 5.41) is 11.0. The molecule has 5 nitrogen and oxygen atoms in total. The van der Waals surface area contributed by atoms with Crippen molar-refractivity contribution in [1.29, 1.82) is 0 Å². The maximum atomic E-state index is 14.0. The molecule has 0 radical (unpaired) electrons. The molecule has 0 aliphatic rings. The lowest BCUT2D eigenvalue weighted by Crippen LogP contribution is -2.01. The van der Waals surface area contributed by atoms with Crippen molar-refractivity contribution in [2.75, 3.05) is 5.32 Å². The molecule has 2 aromatic heterocycles. The summed E-state index contributed by atoms with van der Waals surface area (Å²) < 4.78 is 16.5. The minimum absolute atomic E-state index is 0.330. The number of nitrogens with one attached hydrogen (secondary N) is 1. The molecule has 7 heteroatoms. The average molecular weight is 358 g/mol. The molecule has 0 unspecified atom stereocenters. The normalized spacial score (nSPS) is 11.2. The van der Waals surface area contributed by atoms with Crippen LogP contribution < -0.4 is 5.32 Å². The second-order valence-corrected chi connectivity index (χ2v) is 5.64. The number of anilines is 2. The van der Waals surface area contributed by atoms with Gasteiger partial charge < -0.3 is 5.32 Å². The van der Waals surface area contributed by atoms with E-state index in [2.05, 4.69) is 36.4 Å². The van der Waals surface area contributed by atoms with E-state index in [9.17, 15) is 4.39 Å². The summed E-state index contributed by atoms with van der Waals surface area (Å²) in [6.45, 7) is 0. The van der Waals surface area contributed by atoms with Gasteiger partial charge in [0.2, 0.25) is 5.65 Å². The summed E-state index contributed by atoms with van der Waals surface area (Å²) in [6, 6.07) is 12.4. The molecule has 0 saturated carbocycles. The van der Waals surface area contributed by atoms with Gasteiger partial charge in [0.05, 0.1) is 16.7 Å². The van der Waals surface area contributed by atoms with Crippen molar-refractivity contribution in [2.24, 2.45) is 0 Å². The summed E-state index contributed by atoms with van der Waals surface area (Å²) in [7, 11) is 0. The first kappa shape index (κ1) is 13.1. The topological polar surface area (TPSA) is 55.1 Å². The highest BCUT2D eigenvalue weighted by molar-refractivity contribution is 9.10. The molecule has 0 fully saturated rings. The van der Waals surface area contributed by atoms with E-state index in [0.29, 0.717) is 21.6 Å². The number of hydrogen-bond donors (Lipinski definition) is 1. The van der Waals surface area contributed by atoms with Gasteiger partial charge in [0.25, 0.3) is 0 Å². The molecule has 22 heavy (non-hydrogen) atoms. The van der Waals surface area contributed by atoms with E-state index in [4.69, 9.17) is 0 Å². The van der Waals surface area contributed by atoms with Crippen LogP contribution in [-0.2, 0) is 0 Å². The van der Waals surface area contributed by atoms with E-state index in [-0.39, 0.29) is 5.82 Å². The summed E-state index contributed by atoms with van der Waals surface area (Å²) in [5.41, 5.74) is 2.54. The fourth-order valence-electron chi connectivity index (χ4n) is 2.31. The summed E-state index contributed by atoms with van der Waals surface area (Å²) in [4.78, 5) is 4.52. The number of para-hydroxylation sites is 2. The number of fused-ring (bicyclic) bond motifs is 3. The van der Waals surface area contributed by atoms with Gasteiger partial charge in [0, 0.05) is 4.47 Å². The van der Waals surface area contributed by atoms with Crippen LogP contribution in [0.2, 0.25) is 0 Å². The molecule has 0 amide bonds. The van der Waals surface area contributed by atoms with Crippen molar-refractivity contribution >= 4 is 44.1 Å². The Bertz CT molecular complexity index is 998. The zero-order valence-corrected chi connectivity index (χ0v) is 12.7. The van der Waals surface area contributed by atoms with E-state index in [1.807, 2.05) is 28.7 Å². The number of hydrogen-bond acceptors (Lipinski definition) is 4. The molecule has 0 aliphatic heterocycles. The van der Waals surface area contributed by atoms with E-state index >= 15 is 0 Å². The van der Waals surface area contributed by atoms with Crippen LogP contribution in [0.5, 0.6) is 0 Å². The molecule has 0 bridgehead atoms. The Morgan fingerprint density at radius 2 is 2.00 bits per heavy atom. The van der Waals surface area contributed by atoms with E-state index in [0.717, 1.165) is 11.0 Å². The zero-order valence-electron chi connectivity index (χ0n) is 11.2. The van der Waals surface area contributed by atoms with Gasteiger partial charge in [-0.1, -0.05) is 28.1 Å². The highest BCUT2D eigenvalue weighted by atomic mass is 79.9. The van der Waals surface area contributed by atoms with Gasteiger partial charge in [-0.05, 0) is 30.3 Å². The minimum Gasteiger partial charge on any atom is -0.335 e. The summed E-state index contributed by atoms with van der Waals surface area (Å²) in [5.74, 6) is 0.0828. The molecule has 4 aromatic rings. The number of rotatable bonds is 2. The third kappa shape index (κ3) is 2.10. The second-order valence-electron chi connectivity index (χ2n) is 4.72. The lowest BCUT2D eigenvalue weighted by atomic mass is 10.3.